The fourth-order valence-corrected chi connectivity index (χ4v) is 4.07. The molecule has 1 aromatic carbocycles. The molecule has 1 atom stereocenters. The first-order valence-electron chi connectivity index (χ1n) is 8.45. The molecule has 3 nitrogen and oxygen atoms in total. The number of benzene rings is 1. The van der Waals surface area contributed by atoms with Gasteiger partial charge in [0.2, 0.25) is 0 Å². The van der Waals surface area contributed by atoms with Gasteiger partial charge >= 0.3 is 0 Å². The molecule has 0 unspecified atom stereocenters. The van der Waals surface area contributed by atoms with E-state index in [9.17, 15) is 0 Å². The minimum atomic E-state index is -1.75. The first kappa shape index (κ1) is 17.5. The van der Waals surface area contributed by atoms with Crippen LogP contribution in [0.2, 0.25) is 18.1 Å². The van der Waals surface area contributed by atoms with Crippen molar-refractivity contribution in [3.8, 4) is 0 Å². The molecule has 1 aromatic rings. The van der Waals surface area contributed by atoms with E-state index >= 15 is 0 Å². The van der Waals surface area contributed by atoms with Crippen molar-refractivity contribution in [2.75, 3.05) is 31.1 Å². The third-order valence-electron chi connectivity index (χ3n) is 5.11. The summed E-state index contributed by atoms with van der Waals surface area (Å²) in [6.07, 6.45) is 0.145. The standard InChI is InChI=1S/C18H32N2OSi/c1-15(21-22(5,6)18(2,3)4)16-9-7-8-10-17(16)20-13-11-19-12-14-20/h7-10,15,19H,11-14H2,1-6H3/t15-/m0/s1. The molecule has 1 heterocycles. The van der Waals surface area contributed by atoms with Crippen LogP contribution in [0, 0.1) is 0 Å². The lowest BCUT2D eigenvalue weighted by Crippen LogP contribution is -2.44. The lowest BCUT2D eigenvalue weighted by molar-refractivity contribution is 0.203. The summed E-state index contributed by atoms with van der Waals surface area (Å²) in [5.74, 6) is 0. The predicted molar refractivity (Wildman–Crippen MR) is 98.2 cm³/mol. The second-order valence-corrected chi connectivity index (χ2v) is 12.6. The molecule has 2 rings (SSSR count). The highest BCUT2D eigenvalue weighted by atomic mass is 28.4. The van der Waals surface area contributed by atoms with Gasteiger partial charge in [-0.2, -0.15) is 0 Å². The molecule has 1 aliphatic rings. The highest BCUT2D eigenvalue weighted by Gasteiger charge is 2.39. The van der Waals surface area contributed by atoms with Crippen molar-refractivity contribution in [1.29, 1.82) is 0 Å². The van der Waals surface area contributed by atoms with Crippen LogP contribution >= 0.6 is 0 Å². The Morgan fingerprint density at radius 1 is 1.14 bits per heavy atom. The van der Waals surface area contributed by atoms with E-state index in [0.29, 0.717) is 0 Å². The van der Waals surface area contributed by atoms with Gasteiger partial charge in [-0.15, -0.1) is 0 Å². The maximum absolute atomic E-state index is 6.62. The molecule has 1 saturated heterocycles. The van der Waals surface area contributed by atoms with Crippen LogP contribution < -0.4 is 10.2 Å². The molecule has 124 valence electrons. The Morgan fingerprint density at radius 2 is 1.73 bits per heavy atom. The lowest BCUT2D eigenvalue weighted by Gasteiger charge is -2.39. The lowest BCUT2D eigenvalue weighted by atomic mass is 10.1. The van der Waals surface area contributed by atoms with Crippen molar-refractivity contribution in [1.82, 2.24) is 5.32 Å². The molecule has 0 radical (unpaired) electrons. The molecule has 0 saturated carbocycles. The summed E-state index contributed by atoms with van der Waals surface area (Å²) < 4.78 is 6.62. The minimum absolute atomic E-state index is 0.145. The fraction of sp³-hybridized carbons (Fsp3) is 0.667. The van der Waals surface area contributed by atoms with Gasteiger partial charge in [0, 0.05) is 37.4 Å². The smallest absolute Gasteiger partial charge is 0.192 e. The van der Waals surface area contributed by atoms with E-state index in [1.54, 1.807) is 0 Å². The average Bonchev–Trinajstić information content (AvgIpc) is 2.46. The van der Waals surface area contributed by atoms with Crippen LogP contribution in [-0.2, 0) is 4.43 Å². The molecule has 1 N–H and O–H groups in total. The molecule has 0 aliphatic carbocycles. The molecule has 1 fully saturated rings. The first-order valence-corrected chi connectivity index (χ1v) is 11.4. The zero-order valence-corrected chi connectivity index (χ0v) is 16.1. The van der Waals surface area contributed by atoms with Gasteiger partial charge in [0.25, 0.3) is 0 Å². The van der Waals surface area contributed by atoms with E-state index in [0.717, 1.165) is 26.2 Å². The average molecular weight is 321 g/mol. The van der Waals surface area contributed by atoms with E-state index in [4.69, 9.17) is 4.43 Å². The quantitative estimate of drug-likeness (QED) is 0.842. The van der Waals surface area contributed by atoms with Crippen molar-refractivity contribution in [3.05, 3.63) is 29.8 Å². The molecule has 0 spiro atoms. The topological polar surface area (TPSA) is 24.5 Å². The number of hydrogen-bond acceptors (Lipinski definition) is 3. The van der Waals surface area contributed by atoms with Crippen molar-refractivity contribution >= 4 is 14.0 Å². The predicted octanol–water partition coefficient (Wildman–Crippen LogP) is 4.18. The number of nitrogens with zero attached hydrogens (tertiary/aromatic N) is 1. The molecule has 22 heavy (non-hydrogen) atoms. The van der Waals surface area contributed by atoms with E-state index in [1.807, 2.05) is 0 Å². The van der Waals surface area contributed by atoms with Crippen LogP contribution in [0.15, 0.2) is 24.3 Å². The number of anilines is 1. The molecular weight excluding hydrogens is 288 g/mol. The Kier molecular flexibility index (Phi) is 5.36. The van der Waals surface area contributed by atoms with Gasteiger partial charge in [0.05, 0.1) is 6.10 Å². The van der Waals surface area contributed by atoms with Crippen LogP contribution in [-0.4, -0.2) is 34.5 Å². The van der Waals surface area contributed by atoms with Gasteiger partial charge in [-0.25, -0.2) is 0 Å². The molecular formula is C18H32N2OSi. The van der Waals surface area contributed by atoms with Gasteiger partial charge < -0.3 is 14.6 Å². The highest BCUT2D eigenvalue weighted by Crippen LogP contribution is 2.41. The van der Waals surface area contributed by atoms with Gasteiger partial charge in [0.15, 0.2) is 8.32 Å². The monoisotopic (exact) mass is 320 g/mol. The normalized spacial score (nSPS) is 18.4. The van der Waals surface area contributed by atoms with Crippen LogP contribution in [0.4, 0.5) is 5.69 Å². The van der Waals surface area contributed by atoms with Crippen molar-refractivity contribution in [3.63, 3.8) is 0 Å². The summed E-state index contributed by atoms with van der Waals surface area (Å²) in [6, 6.07) is 8.74. The van der Waals surface area contributed by atoms with Crippen LogP contribution in [0.5, 0.6) is 0 Å². The number of nitrogens with one attached hydrogen (secondary N) is 1. The summed E-state index contributed by atoms with van der Waals surface area (Å²) >= 11 is 0. The Hall–Kier alpha value is -0.843. The number of piperazine rings is 1. The Labute approximate surface area is 137 Å². The van der Waals surface area contributed by atoms with Gasteiger partial charge in [-0.05, 0) is 31.1 Å². The van der Waals surface area contributed by atoms with Crippen LogP contribution in [0.3, 0.4) is 0 Å². The molecule has 4 heteroatoms. The first-order chi connectivity index (χ1) is 10.2. The fourth-order valence-electron chi connectivity index (χ4n) is 2.71. The minimum Gasteiger partial charge on any atom is -0.410 e. The zero-order chi connectivity index (χ0) is 16.4. The summed E-state index contributed by atoms with van der Waals surface area (Å²) in [6.45, 7) is 18.0. The van der Waals surface area contributed by atoms with Gasteiger partial charge in [-0.3, -0.25) is 0 Å². The molecule has 1 aliphatic heterocycles. The summed E-state index contributed by atoms with van der Waals surface area (Å²) in [5, 5.41) is 3.67. The van der Waals surface area contributed by atoms with Crippen molar-refractivity contribution < 1.29 is 4.43 Å². The maximum Gasteiger partial charge on any atom is 0.192 e. The second-order valence-electron chi connectivity index (χ2n) is 7.82. The van der Waals surface area contributed by atoms with Crippen molar-refractivity contribution in [2.24, 2.45) is 0 Å². The van der Waals surface area contributed by atoms with E-state index < -0.39 is 8.32 Å². The number of rotatable bonds is 4. The Balaban J connectivity index is 2.21. The molecule has 0 aromatic heterocycles. The SMILES string of the molecule is C[C@H](O[Si](C)(C)C(C)(C)C)c1ccccc1N1CCNCC1. The van der Waals surface area contributed by atoms with E-state index in [1.165, 1.54) is 11.3 Å². The molecule has 0 amide bonds. The van der Waals surface area contributed by atoms with E-state index in [-0.39, 0.29) is 11.1 Å². The maximum atomic E-state index is 6.62. The van der Waals surface area contributed by atoms with Crippen LogP contribution in [0.25, 0.3) is 0 Å². The van der Waals surface area contributed by atoms with Crippen LogP contribution in [0.1, 0.15) is 39.4 Å². The highest BCUT2D eigenvalue weighted by molar-refractivity contribution is 6.74. The number of hydrogen-bond donors (Lipinski definition) is 1. The third-order valence-corrected chi connectivity index (χ3v) is 9.67. The summed E-state index contributed by atoms with van der Waals surface area (Å²) in [5.41, 5.74) is 2.67. The Morgan fingerprint density at radius 3 is 2.32 bits per heavy atom. The van der Waals surface area contributed by atoms with Crippen molar-refractivity contribution in [2.45, 2.75) is 51.9 Å². The zero-order valence-electron chi connectivity index (χ0n) is 15.1. The molecule has 0 bridgehead atoms. The summed E-state index contributed by atoms with van der Waals surface area (Å²) in [4.78, 5) is 2.48. The van der Waals surface area contributed by atoms with Gasteiger partial charge in [-0.1, -0.05) is 39.0 Å². The largest absolute Gasteiger partial charge is 0.410 e. The number of para-hydroxylation sites is 1. The third kappa shape index (κ3) is 3.92. The Bertz CT molecular complexity index is 490. The summed E-state index contributed by atoms with van der Waals surface area (Å²) in [7, 11) is -1.75. The van der Waals surface area contributed by atoms with E-state index in [2.05, 4.69) is 75.3 Å². The second kappa shape index (κ2) is 6.73. The van der Waals surface area contributed by atoms with Gasteiger partial charge in [0.1, 0.15) is 0 Å².